The van der Waals surface area contributed by atoms with Crippen molar-refractivity contribution in [2.75, 3.05) is 17.2 Å². The predicted octanol–water partition coefficient (Wildman–Crippen LogP) is 1.35. The Balaban J connectivity index is 2.28. The van der Waals surface area contributed by atoms with E-state index in [9.17, 15) is 18.5 Å². The van der Waals surface area contributed by atoms with Crippen LogP contribution in [0.4, 0.5) is 11.4 Å². The molecule has 2 rings (SSSR count). The SMILES string of the molecule is Nc1ccc([N+](=O)[O-])cc1S(=O)(=O)NC1CCSCC1. The Bertz CT molecular complexity index is 612. The highest BCUT2D eigenvalue weighted by molar-refractivity contribution is 7.99. The quantitative estimate of drug-likeness (QED) is 0.492. The normalized spacial score (nSPS) is 17.0. The Morgan fingerprint density at radius 1 is 1.35 bits per heavy atom. The molecule has 1 aromatic rings. The maximum atomic E-state index is 12.3. The number of hydrogen-bond donors (Lipinski definition) is 2. The Morgan fingerprint density at radius 3 is 2.60 bits per heavy atom. The maximum absolute atomic E-state index is 12.3. The summed E-state index contributed by atoms with van der Waals surface area (Å²) in [5.41, 5.74) is 5.35. The maximum Gasteiger partial charge on any atom is 0.270 e. The Hall–Kier alpha value is -1.32. The number of rotatable bonds is 4. The molecule has 20 heavy (non-hydrogen) atoms. The van der Waals surface area contributed by atoms with Crippen LogP contribution in [0, 0.1) is 10.1 Å². The third kappa shape index (κ3) is 3.41. The molecule has 0 amide bonds. The summed E-state index contributed by atoms with van der Waals surface area (Å²) in [7, 11) is -3.84. The van der Waals surface area contributed by atoms with Crippen LogP contribution >= 0.6 is 11.8 Å². The fraction of sp³-hybridized carbons (Fsp3) is 0.455. The van der Waals surface area contributed by atoms with Gasteiger partial charge in [-0.15, -0.1) is 0 Å². The van der Waals surface area contributed by atoms with Gasteiger partial charge in [-0.2, -0.15) is 11.8 Å². The molecule has 0 unspecified atom stereocenters. The van der Waals surface area contributed by atoms with Crippen LogP contribution in [0.3, 0.4) is 0 Å². The zero-order chi connectivity index (χ0) is 14.8. The summed E-state index contributed by atoms with van der Waals surface area (Å²) >= 11 is 1.78. The van der Waals surface area contributed by atoms with Gasteiger partial charge in [0.25, 0.3) is 5.69 Å². The van der Waals surface area contributed by atoms with E-state index in [1.807, 2.05) is 0 Å². The van der Waals surface area contributed by atoms with Crippen LogP contribution in [0.1, 0.15) is 12.8 Å². The van der Waals surface area contributed by atoms with E-state index in [0.29, 0.717) is 0 Å². The number of thioether (sulfide) groups is 1. The van der Waals surface area contributed by atoms with Crippen molar-refractivity contribution in [3.05, 3.63) is 28.3 Å². The minimum atomic E-state index is -3.84. The van der Waals surface area contributed by atoms with Crippen LogP contribution in [-0.4, -0.2) is 30.9 Å². The lowest BCUT2D eigenvalue weighted by molar-refractivity contribution is -0.385. The fourth-order valence-electron chi connectivity index (χ4n) is 1.97. The fourth-order valence-corrected chi connectivity index (χ4v) is 4.53. The number of nitrogens with zero attached hydrogens (tertiary/aromatic N) is 1. The van der Waals surface area contributed by atoms with Crippen molar-refractivity contribution in [1.29, 1.82) is 0 Å². The highest BCUT2D eigenvalue weighted by atomic mass is 32.2. The Kier molecular flexibility index (Phi) is 4.51. The van der Waals surface area contributed by atoms with E-state index in [4.69, 9.17) is 5.73 Å². The van der Waals surface area contributed by atoms with Gasteiger partial charge in [-0.3, -0.25) is 10.1 Å². The predicted molar refractivity (Wildman–Crippen MR) is 78.2 cm³/mol. The second kappa shape index (κ2) is 5.98. The van der Waals surface area contributed by atoms with Crippen LogP contribution in [-0.2, 0) is 10.0 Å². The Morgan fingerprint density at radius 2 is 2.00 bits per heavy atom. The topological polar surface area (TPSA) is 115 Å². The molecule has 7 nitrogen and oxygen atoms in total. The summed E-state index contributed by atoms with van der Waals surface area (Å²) in [6.07, 6.45) is 1.50. The number of non-ortho nitro benzene ring substituents is 1. The summed E-state index contributed by atoms with van der Waals surface area (Å²) in [5, 5.41) is 10.7. The molecule has 1 fully saturated rings. The van der Waals surface area contributed by atoms with Gasteiger partial charge in [0.05, 0.1) is 10.6 Å². The van der Waals surface area contributed by atoms with Crippen molar-refractivity contribution in [3.63, 3.8) is 0 Å². The molecule has 1 saturated heterocycles. The van der Waals surface area contributed by atoms with Crippen molar-refractivity contribution in [1.82, 2.24) is 4.72 Å². The largest absolute Gasteiger partial charge is 0.398 e. The molecule has 1 aliphatic rings. The monoisotopic (exact) mass is 317 g/mol. The van der Waals surface area contributed by atoms with Gasteiger partial charge < -0.3 is 5.73 Å². The van der Waals surface area contributed by atoms with E-state index in [-0.39, 0.29) is 22.3 Å². The molecule has 0 aromatic heterocycles. The van der Waals surface area contributed by atoms with Crippen LogP contribution in [0.25, 0.3) is 0 Å². The number of nitrogens with one attached hydrogen (secondary N) is 1. The van der Waals surface area contributed by atoms with E-state index in [0.717, 1.165) is 30.4 Å². The van der Waals surface area contributed by atoms with Gasteiger partial charge in [-0.1, -0.05) is 0 Å². The second-order valence-electron chi connectivity index (χ2n) is 4.49. The van der Waals surface area contributed by atoms with E-state index in [1.165, 1.54) is 12.1 Å². The molecular formula is C11H15N3O4S2. The lowest BCUT2D eigenvalue weighted by Gasteiger charge is -2.22. The number of anilines is 1. The lowest BCUT2D eigenvalue weighted by atomic mass is 10.2. The number of nitrogen functional groups attached to an aromatic ring is 1. The minimum absolute atomic E-state index is 0.00767. The number of nitro groups is 1. The summed E-state index contributed by atoms with van der Waals surface area (Å²) in [6.45, 7) is 0. The van der Waals surface area contributed by atoms with Crippen molar-refractivity contribution in [3.8, 4) is 0 Å². The first-order valence-corrected chi connectivity index (χ1v) is 8.68. The van der Waals surface area contributed by atoms with Crippen molar-refractivity contribution >= 4 is 33.2 Å². The van der Waals surface area contributed by atoms with Gasteiger partial charge in [-0.25, -0.2) is 13.1 Å². The zero-order valence-corrected chi connectivity index (χ0v) is 12.2. The molecule has 0 atom stereocenters. The van der Waals surface area contributed by atoms with Crippen LogP contribution in [0.5, 0.6) is 0 Å². The molecule has 3 N–H and O–H groups in total. The van der Waals surface area contributed by atoms with Crippen molar-refractivity contribution in [2.45, 2.75) is 23.8 Å². The molecule has 0 aliphatic carbocycles. The standard InChI is InChI=1S/C11H15N3O4S2/c12-10-2-1-9(14(15)16)7-11(10)20(17,18)13-8-3-5-19-6-4-8/h1-2,7-8,13H,3-6,12H2. The number of benzene rings is 1. The molecule has 1 aliphatic heterocycles. The molecule has 0 spiro atoms. The molecular weight excluding hydrogens is 302 g/mol. The highest BCUT2D eigenvalue weighted by Gasteiger charge is 2.25. The van der Waals surface area contributed by atoms with Gasteiger partial charge in [0.2, 0.25) is 10.0 Å². The summed E-state index contributed by atoms with van der Waals surface area (Å²) in [6, 6.07) is 3.28. The zero-order valence-electron chi connectivity index (χ0n) is 10.6. The smallest absolute Gasteiger partial charge is 0.270 e. The average molecular weight is 317 g/mol. The van der Waals surface area contributed by atoms with Gasteiger partial charge in [0, 0.05) is 18.2 Å². The van der Waals surface area contributed by atoms with Crippen molar-refractivity contribution < 1.29 is 13.3 Å². The lowest BCUT2D eigenvalue weighted by Crippen LogP contribution is -2.37. The molecule has 1 heterocycles. The van der Waals surface area contributed by atoms with Crippen LogP contribution in [0.15, 0.2) is 23.1 Å². The van der Waals surface area contributed by atoms with Gasteiger partial charge in [-0.05, 0) is 30.4 Å². The van der Waals surface area contributed by atoms with Gasteiger partial charge in [0.15, 0.2) is 0 Å². The van der Waals surface area contributed by atoms with Crippen LogP contribution in [0.2, 0.25) is 0 Å². The first-order valence-electron chi connectivity index (χ1n) is 6.04. The van der Waals surface area contributed by atoms with E-state index in [1.54, 1.807) is 11.8 Å². The number of nitro benzene ring substituents is 1. The minimum Gasteiger partial charge on any atom is -0.398 e. The third-order valence-electron chi connectivity index (χ3n) is 3.04. The Labute approximate surface area is 121 Å². The number of nitrogens with two attached hydrogens (primary N) is 1. The molecule has 0 bridgehead atoms. The summed E-state index contributed by atoms with van der Waals surface area (Å²) in [4.78, 5) is 9.85. The van der Waals surface area contributed by atoms with Crippen LogP contribution < -0.4 is 10.5 Å². The number of sulfonamides is 1. The molecule has 0 saturated carbocycles. The first kappa shape index (κ1) is 15.1. The first-order chi connectivity index (χ1) is 9.40. The average Bonchev–Trinajstić information content (AvgIpc) is 2.39. The summed E-state index contributed by atoms with van der Waals surface area (Å²) < 4.78 is 27.1. The summed E-state index contributed by atoms with van der Waals surface area (Å²) in [5.74, 6) is 1.80. The third-order valence-corrected chi connectivity index (χ3v) is 5.67. The van der Waals surface area contributed by atoms with E-state index in [2.05, 4.69) is 4.72 Å². The second-order valence-corrected chi connectivity index (χ2v) is 7.39. The van der Waals surface area contributed by atoms with Gasteiger partial charge >= 0.3 is 0 Å². The molecule has 9 heteroatoms. The molecule has 110 valence electrons. The van der Waals surface area contributed by atoms with E-state index >= 15 is 0 Å². The van der Waals surface area contributed by atoms with E-state index < -0.39 is 14.9 Å². The van der Waals surface area contributed by atoms with Crippen molar-refractivity contribution in [2.24, 2.45) is 0 Å². The van der Waals surface area contributed by atoms with Gasteiger partial charge in [0.1, 0.15) is 4.90 Å². The number of hydrogen-bond acceptors (Lipinski definition) is 6. The molecule has 0 radical (unpaired) electrons. The highest BCUT2D eigenvalue weighted by Crippen LogP contribution is 2.25. The molecule has 1 aromatic carbocycles.